The molecular formula is C12H19Cl2NO. The van der Waals surface area contributed by atoms with Crippen molar-refractivity contribution in [1.29, 1.82) is 0 Å². The van der Waals surface area contributed by atoms with Crippen LogP contribution in [-0.2, 0) is 0 Å². The molecule has 0 radical (unpaired) electrons. The molecule has 0 aliphatic heterocycles. The molecule has 0 amide bonds. The smallest absolute Gasteiger partial charge is 0.0735 e. The van der Waals surface area contributed by atoms with Crippen molar-refractivity contribution in [2.24, 2.45) is 11.7 Å². The van der Waals surface area contributed by atoms with E-state index in [1.807, 2.05) is 12.1 Å². The molecule has 0 aliphatic rings. The lowest BCUT2D eigenvalue weighted by Gasteiger charge is -2.20. The van der Waals surface area contributed by atoms with Gasteiger partial charge in [0.1, 0.15) is 0 Å². The third kappa shape index (κ3) is 4.71. The Balaban J connectivity index is 0.00000225. The van der Waals surface area contributed by atoms with Crippen molar-refractivity contribution in [1.82, 2.24) is 0 Å². The van der Waals surface area contributed by atoms with Crippen LogP contribution in [0.4, 0.5) is 0 Å². The number of rotatable bonds is 4. The van der Waals surface area contributed by atoms with Gasteiger partial charge in [0.2, 0.25) is 0 Å². The molecule has 1 rings (SSSR count). The van der Waals surface area contributed by atoms with E-state index in [-0.39, 0.29) is 18.4 Å². The van der Waals surface area contributed by atoms with Crippen LogP contribution in [0.5, 0.6) is 0 Å². The maximum absolute atomic E-state index is 9.86. The first-order chi connectivity index (χ1) is 7.00. The minimum atomic E-state index is -0.511. The average molecular weight is 264 g/mol. The molecule has 0 saturated carbocycles. The van der Waals surface area contributed by atoms with Gasteiger partial charge in [-0.3, -0.25) is 0 Å². The number of aliphatic hydroxyl groups excluding tert-OH is 1. The summed E-state index contributed by atoms with van der Waals surface area (Å²) < 4.78 is 0. The molecule has 1 aromatic rings. The molecule has 16 heavy (non-hydrogen) atoms. The minimum absolute atomic E-state index is 0. The van der Waals surface area contributed by atoms with Crippen molar-refractivity contribution >= 4 is 24.0 Å². The van der Waals surface area contributed by atoms with Gasteiger partial charge < -0.3 is 10.8 Å². The number of benzene rings is 1. The largest absolute Gasteiger partial charge is 0.391 e. The highest BCUT2D eigenvalue weighted by molar-refractivity contribution is 6.30. The standard InChI is InChI=1S/C12H18ClNO.ClH/c1-8(2)6-11(15)12(14)9-4-3-5-10(13)7-9;/h3-5,7-8,11-12,15H,6,14H2,1-2H3;1H/t11-,12+;/m1./s1. The summed E-state index contributed by atoms with van der Waals surface area (Å²) in [7, 11) is 0. The molecule has 0 bridgehead atoms. The SMILES string of the molecule is CC(C)C[C@@H](O)[C@@H](N)c1cccc(Cl)c1.Cl. The van der Waals surface area contributed by atoms with E-state index in [9.17, 15) is 5.11 Å². The van der Waals surface area contributed by atoms with Crippen LogP contribution in [-0.4, -0.2) is 11.2 Å². The van der Waals surface area contributed by atoms with Crippen LogP contribution in [0.15, 0.2) is 24.3 Å². The van der Waals surface area contributed by atoms with E-state index in [0.29, 0.717) is 17.4 Å². The maximum Gasteiger partial charge on any atom is 0.0735 e. The number of hydrogen-bond donors (Lipinski definition) is 2. The van der Waals surface area contributed by atoms with Gasteiger partial charge in [0.15, 0.2) is 0 Å². The van der Waals surface area contributed by atoms with Crippen molar-refractivity contribution in [3.63, 3.8) is 0 Å². The summed E-state index contributed by atoms with van der Waals surface area (Å²) in [4.78, 5) is 0. The molecule has 0 saturated heterocycles. The summed E-state index contributed by atoms with van der Waals surface area (Å²) in [5.41, 5.74) is 6.83. The fourth-order valence-corrected chi connectivity index (χ4v) is 1.76. The van der Waals surface area contributed by atoms with Crippen LogP contribution in [0.25, 0.3) is 0 Å². The Morgan fingerprint density at radius 2 is 2.00 bits per heavy atom. The van der Waals surface area contributed by atoms with Gasteiger partial charge in [0.05, 0.1) is 12.1 Å². The first kappa shape index (κ1) is 15.7. The number of hydrogen-bond acceptors (Lipinski definition) is 2. The van der Waals surface area contributed by atoms with Gasteiger partial charge in [0, 0.05) is 5.02 Å². The molecule has 2 nitrogen and oxygen atoms in total. The van der Waals surface area contributed by atoms with Crippen LogP contribution >= 0.6 is 24.0 Å². The zero-order valence-electron chi connectivity index (χ0n) is 9.56. The monoisotopic (exact) mass is 263 g/mol. The van der Waals surface area contributed by atoms with Gasteiger partial charge >= 0.3 is 0 Å². The minimum Gasteiger partial charge on any atom is -0.391 e. The van der Waals surface area contributed by atoms with Crippen molar-refractivity contribution in [2.75, 3.05) is 0 Å². The van der Waals surface area contributed by atoms with Crippen molar-refractivity contribution in [2.45, 2.75) is 32.4 Å². The Hall–Kier alpha value is -0.280. The third-order valence-corrected chi connectivity index (χ3v) is 2.60. The second kappa shape index (κ2) is 7.13. The van der Waals surface area contributed by atoms with E-state index in [4.69, 9.17) is 17.3 Å². The van der Waals surface area contributed by atoms with Gasteiger partial charge in [-0.25, -0.2) is 0 Å². The normalized spacial score (nSPS) is 14.4. The number of halogens is 2. The van der Waals surface area contributed by atoms with Gasteiger partial charge in [-0.1, -0.05) is 37.6 Å². The molecule has 0 unspecified atom stereocenters. The number of nitrogens with two attached hydrogens (primary N) is 1. The molecule has 4 heteroatoms. The third-order valence-electron chi connectivity index (χ3n) is 2.36. The summed E-state index contributed by atoms with van der Waals surface area (Å²) in [6.45, 7) is 4.13. The van der Waals surface area contributed by atoms with E-state index in [1.54, 1.807) is 12.1 Å². The van der Waals surface area contributed by atoms with Crippen LogP contribution in [0.2, 0.25) is 5.02 Å². The molecule has 0 aromatic heterocycles. The first-order valence-corrected chi connectivity index (χ1v) is 5.57. The summed E-state index contributed by atoms with van der Waals surface area (Å²) in [6, 6.07) is 6.98. The molecule has 0 fully saturated rings. The lowest BCUT2D eigenvalue weighted by molar-refractivity contribution is 0.121. The van der Waals surface area contributed by atoms with Gasteiger partial charge in [-0.05, 0) is 30.0 Å². The Morgan fingerprint density at radius 3 is 2.50 bits per heavy atom. The number of aliphatic hydroxyl groups is 1. The maximum atomic E-state index is 9.86. The summed E-state index contributed by atoms with van der Waals surface area (Å²) >= 11 is 5.86. The average Bonchev–Trinajstić information content (AvgIpc) is 2.15. The Kier molecular flexibility index (Phi) is 7.00. The second-order valence-electron chi connectivity index (χ2n) is 4.28. The van der Waals surface area contributed by atoms with E-state index in [1.165, 1.54) is 0 Å². The lowest BCUT2D eigenvalue weighted by Crippen LogP contribution is -2.27. The van der Waals surface area contributed by atoms with E-state index in [2.05, 4.69) is 13.8 Å². The van der Waals surface area contributed by atoms with Gasteiger partial charge in [0.25, 0.3) is 0 Å². The Bertz CT molecular complexity index is 318. The molecule has 3 N–H and O–H groups in total. The van der Waals surface area contributed by atoms with Crippen molar-refractivity contribution in [3.8, 4) is 0 Å². The molecule has 2 atom stereocenters. The lowest BCUT2D eigenvalue weighted by atomic mass is 9.95. The van der Waals surface area contributed by atoms with E-state index >= 15 is 0 Å². The molecule has 92 valence electrons. The Labute approximate surface area is 108 Å². The fourth-order valence-electron chi connectivity index (χ4n) is 1.57. The highest BCUT2D eigenvalue weighted by Crippen LogP contribution is 2.21. The summed E-state index contributed by atoms with van der Waals surface area (Å²) in [6.07, 6.45) is 0.191. The van der Waals surface area contributed by atoms with Crippen LogP contribution < -0.4 is 5.73 Å². The highest BCUT2D eigenvalue weighted by Gasteiger charge is 2.17. The molecule has 0 heterocycles. The van der Waals surface area contributed by atoms with Crippen molar-refractivity contribution in [3.05, 3.63) is 34.9 Å². The second-order valence-corrected chi connectivity index (χ2v) is 4.71. The summed E-state index contributed by atoms with van der Waals surface area (Å²) in [5, 5.41) is 10.5. The molecule has 0 spiro atoms. The van der Waals surface area contributed by atoms with Gasteiger partial charge in [-0.2, -0.15) is 0 Å². The van der Waals surface area contributed by atoms with E-state index < -0.39 is 6.10 Å². The van der Waals surface area contributed by atoms with Crippen LogP contribution in [0.3, 0.4) is 0 Å². The van der Waals surface area contributed by atoms with E-state index in [0.717, 1.165) is 5.56 Å². The predicted octanol–water partition coefficient (Wildman–Crippen LogP) is 3.17. The van der Waals surface area contributed by atoms with Gasteiger partial charge in [-0.15, -0.1) is 12.4 Å². The van der Waals surface area contributed by atoms with Crippen LogP contribution in [0.1, 0.15) is 31.9 Å². The van der Waals surface area contributed by atoms with Crippen LogP contribution in [0, 0.1) is 5.92 Å². The van der Waals surface area contributed by atoms with Crippen molar-refractivity contribution < 1.29 is 5.11 Å². The first-order valence-electron chi connectivity index (χ1n) is 5.20. The molecule has 1 aromatic carbocycles. The topological polar surface area (TPSA) is 46.2 Å². The Morgan fingerprint density at radius 1 is 1.38 bits per heavy atom. The quantitative estimate of drug-likeness (QED) is 0.877. The zero-order valence-corrected chi connectivity index (χ0v) is 11.1. The summed E-state index contributed by atoms with van der Waals surface area (Å²) in [5.74, 6) is 0.435. The molecular weight excluding hydrogens is 245 g/mol. The zero-order chi connectivity index (χ0) is 11.4. The highest BCUT2D eigenvalue weighted by atomic mass is 35.5. The fraction of sp³-hybridized carbons (Fsp3) is 0.500. The molecule has 0 aliphatic carbocycles. The predicted molar refractivity (Wildman–Crippen MR) is 71.1 cm³/mol.